The molecular weight excluding hydrogens is 552 g/mol. The van der Waals surface area contributed by atoms with E-state index < -0.39 is 46.1 Å². The van der Waals surface area contributed by atoms with Gasteiger partial charge in [0.15, 0.2) is 0 Å². The Morgan fingerprint density at radius 1 is 0.927 bits per heavy atom. The third-order valence-electron chi connectivity index (χ3n) is 6.58. The van der Waals surface area contributed by atoms with Crippen molar-refractivity contribution < 1.29 is 31.5 Å². The van der Waals surface area contributed by atoms with E-state index >= 15 is 0 Å². The second kappa shape index (κ2) is 14.1. The van der Waals surface area contributed by atoms with E-state index in [2.05, 4.69) is 5.32 Å². The minimum Gasteiger partial charge on any atom is -0.494 e. The van der Waals surface area contributed by atoms with E-state index in [1.54, 1.807) is 25.1 Å². The van der Waals surface area contributed by atoms with Gasteiger partial charge >= 0.3 is 0 Å². The second-order valence-electron chi connectivity index (χ2n) is 9.50. The van der Waals surface area contributed by atoms with Gasteiger partial charge in [0.1, 0.15) is 30.0 Å². The fourth-order valence-corrected chi connectivity index (χ4v) is 5.41. The van der Waals surface area contributed by atoms with Gasteiger partial charge in [0.05, 0.1) is 17.2 Å². The fraction of sp³-hybridized carbons (Fsp3) is 0.333. The Kier molecular flexibility index (Phi) is 10.8. The summed E-state index contributed by atoms with van der Waals surface area (Å²) in [6, 6.07) is 15.0. The van der Waals surface area contributed by atoms with Gasteiger partial charge < -0.3 is 15.0 Å². The summed E-state index contributed by atoms with van der Waals surface area (Å²) >= 11 is 0. The van der Waals surface area contributed by atoms with E-state index in [0.29, 0.717) is 18.8 Å². The molecule has 41 heavy (non-hydrogen) atoms. The number of ether oxygens (including phenoxy) is 1. The summed E-state index contributed by atoms with van der Waals surface area (Å²) in [5.74, 6) is -1.89. The summed E-state index contributed by atoms with van der Waals surface area (Å²) in [6.45, 7) is 6.45. The van der Waals surface area contributed by atoms with Gasteiger partial charge in [0.25, 0.3) is 10.0 Å². The first-order valence-corrected chi connectivity index (χ1v) is 14.8. The average molecular weight is 588 g/mol. The normalized spacial score (nSPS) is 12.7. The third-order valence-corrected chi connectivity index (χ3v) is 8.37. The van der Waals surface area contributed by atoms with Gasteiger partial charge in [0.2, 0.25) is 11.8 Å². The highest BCUT2D eigenvalue weighted by atomic mass is 32.2. The summed E-state index contributed by atoms with van der Waals surface area (Å²) < 4.78 is 62.1. The van der Waals surface area contributed by atoms with Crippen molar-refractivity contribution in [2.45, 2.75) is 57.6 Å². The highest BCUT2D eigenvalue weighted by Crippen LogP contribution is 2.27. The van der Waals surface area contributed by atoms with Crippen molar-refractivity contribution in [3.05, 3.63) is 90.0 Å². The number of hydrogen-bond acceptors (Lipinski definition) is 5. The molecule has 0 fully saturated rings. The predicted octanol–water partition coefficient (Wildman–Crippen LogP) is 4.89. The minimum absolute atomic E-state index is 0.147. The van der Waals surface area contributed by atoms with Gasteiger partial charge in [-0.05, 0) is 81.8 Å². The first-order chi connectivity index (χ1) is 19.5. The lowest BCUT2D eigenvalue weighted by Crippen LogP contribution is -2.52. The Morgan fingerprint density at radius 2 is 1.56 bits per heavy atom. The van der Waals surface area contributed by atoms with Gasteiger partial charge in [-0.15, -0.1) is 0 Å². The monoisotopic (exact) mass is 587 g/mol. The van der Waals surface area contributed by atoms with Gasteiger partial charge in [0, 0.05) is 18.2 Å². The van der Waals surface area contributed by atoms with Crippen LogP contribution in [0.25, 0.3) is 0 Å². The summed E-state index contributed by atoms with van der Waals surface area (Å²) in [6.07, 6.45) is 0.654. The molecule has 0 saturated carbocycles. The summed E-state index contributed by atoms with van der Waals surface area (Å²) in [5.41, 5.74) is 0.312. The maximum atomic E-state index is 14.6. The summed E-state index contributed by atoms with van der Waals surface area (Å²) in [5, 5.41) is 2.82. The molecule has 3 aromatic carbocycles. The van der Waals surface area contributed by atoms with Crippen molar-refractivity contribution in [1.29, 1.82) is 0 Å². The molecule has 0 aliphatic heterocycles. The minimum atomic E-state index is -4.37. The number of sulfonamides is 1. The van der Waals surface area contributed by atoms with Crippen LogP contribution in [0, 0.1) is 11.6 Å². The molecule has 0 aromatic heterocycles. The van der Waals surface area contributed by atoms with Crippen molar-refractivity contribution in [2.24, 2.45) is 0 Å². The second-order valence-corrected chi connectivity index (χ2v) is 11.4. The van der Waals surface area contributed by atoms with E-state index in [1.165, 1.54) is 37.3 Å². The Balaban J connectivity index is 2.04. The number of halogens is 2. The van der Waals surface area contributed by atoms with Crippen LogP contribution in [0.5, 0.6) is 5.75 Å². The van der Waals surface area contributed by atoms with E-state index in [4.69, 9.17) is 4.74 Å². The van der Waals surface area contributed by atoms with E-state index in [0.717, 1.165) is 33.5 Å². The average Bonchev–Trinajstić information content (AvgIpc) is 2.95. The molecule has 220 valence electrons. The number of rotatable bonds is 13. The highest BCUT2D eigenvalue weighted by molar-refractivity contribution is 7.92. The Labute approximate surface area is 240 Å². The molecule has 2 unspecified atom stereocenters. The molecule has 0 spiro atoms. The third kappa shape index (κ3) is 8.03. The molecule has 0 aliphatic carbocycles. The SMILES string of the molecule is CCOc1ccc(N(CC(=O)N(Cc2ccccc2F)C(C)C(=O)NC(C)CC)S(=O)(=O)c2ccc(F)cc2)cc1. The van der Waals surface area contributed by atoms with E-state index in [9.17, 15) is 26.8 Å². The van der Waals surface area contributed by atoms with Gasteiger partial charge in [-0.2, -0.15) is 0 Å². The number of benzene rings is 3. The predicted molar refractivity (Wildman–Crippen MR) is 153 cm³/mol. The fourth-order valence-electron chi connectivity index (χ4n) is 4.00. The zero-order valence-corrected chi connectivity index (χ0v) is 24.3. The molecule has 0 saturated heterocycles. The van der Waals surface area contributed by atoms with Gasteiger partial charge in [-0.3, -0.25) is 13.9 Å². The van der Waals surface area contributed by atoms with Crippen molar-refractivity contribution in [3.8, 4) is 5.75 Å². The number of nitrogens with one attached hydrogen (secondary N) is 1. The number of nitrogens with zero attached hydrogens (tertiary/aromatic N) is 2. The van der Waals surface area contributed by atoms with Crippen molar-refractivity contribution >= 4 is 27.5 Å². The van der Waals surface area contributed by atoms with Crippen molar-refractivity contribution in [2.75, 3.05) is 17.5 Å². The lowest BCUT2D eigenvalue weighted by atomic mass is 10.1. The Bertz CT molecular complexity index is 1430. The number of carbonyl (C=O) groups excluding carboxylic acids is 2. The molecule has 0 radical (unpaired) electrons. The molecule has 2 atom stereocenters. The summed E-state index contributed by atoms with van der Waals surface area (Å²) in [4.78, 5) is 27.9. The quantitative estimate of drug-likeness (QED) is 0.307. The number of carbonyl (C=O) groups is 2. The van der Waals surface area contributed by atoms with Gasteiger partial charge in [-0.1, -0.05) is 25.1 Å². The zero-order valence-electron chi connectivity index (χ0n) is 23.5. The van der Waals surface area contributed by atoms with Crippen LogP contribution < -0.4 is 14.4 Å². The maximum Gasteiger partial charge on any atom is 0.264 e. The van der Waals surface area contributed by atoms with Crippen molar-refractivity contribution in [1.82, 2.24) is 10.2 Å². The molecule has 3 rings (SSSR count). The number of hydrogen-bond donors (Lipinski definition) is 1. The van der Waals surface area contributed by atoms with Crippen LogP contribution in [-0.4, -0.2) is 50.4 Å². The maximum absolute atomic E-state index is 14.6. The smallest absolute Gasteiger partial charge is 0.264 e. The van der Waals surface area contributed by atoms with E-state index in [1.807, 2.05) is 13.8 Å². The molecule has 0 bridgehead atoms. The van der Waals surface area contributed by atoms with Crippen LogP contribution in [0.15, 0.2) is 77.7 Å². The molecule has 8 nitrogen and oxygen atoms in total. The number of anilines is 1. The Hall–Kier alpha value is -3.99. The number of amides is 2. The standard InChI is InChI=1S/C30H35F2N3O5S/c1-5-21(3)33-30(37)22(4)34(19-23-9-7-8-10-28(23)32)29(36)20-35(25-13-15-26(16-14-25)40-6-2)41(38,39)27-17-11-24(31)12-18-27/h7-18,21-22H,5-6,19-20H2,1-4H3,(H,33,37). The van der Waals surface area contributed by atoms with Gasteiger partial charge in [-0.25, -0.2) is 17.2 Å². The lowest BCUT2D eigenvalue weighted by molar-refractivity contribution is -0.139. The van der Waals surface area contributed by atoms with Crippen LogP contribution in [0.4, 0.5) is 14.5 Å². The molecule has 2 amide bonds. The first-order valence-electron chi connectivity index (χ1n) is 13.3. The van der Waals surface area contributed by atoms with Crippen LogP contribution in [0.2, 0.25) is 0 Å². The zero-order chi connectivity index (χ0) is 30.2. The molecule has 3 aromatic rings. The summed E-state index contributed by atoms with van der Waals surface area (Å²) in [7, 11) is -4.37. The van der Waals surface area contributed by atoms with Crippen LogP contribution >= 0.6 is 0 Å². The van der Waals surface area contributed by atoms with Crippen LogP contribution in [0.3, 0.4) is 0 Å². The molecule has 11 heteroatoms. The topological polar surface area (TPSA) is 96.0 Å². The van der Waals surface area contributed by atoms with Crippen molar-refractivity contribution in [3.63, 3.8) is 0 Å². The molecule has 0 aliphatic rings. The largest absolute Gasteiger partial charge is 0.494 e. The first kappa shape index (κ1) is 31.5. The molecular formula is C30H35F2N3O5S. The highest BCUT2D eigenvalue weighted by Gasteiger charge is 2.33. The van der Waals surface area contributed by atoms with Crippen LogP contribution in [-0.2, 0) is 26.2 Å². The molecule has 1 N–H and O–H groups in total. The van der Waals surface area contributed by atoms with Crippen LogP contribution in [0.1, 0.15) is 39.7 Å². The molecule has 0 heterocycles. The Morgan fingerprint density at radius 3 is 2.15 bits per heavy atom. The van der Waals surface area contributed by atoms with E-state index in [-0.39, 0.29) is 28.7 Å². The lowest BCUT2D eigenvalue weighted by Gasteiger charge is -2.32.